The van der Waals surface area contributed by atoms with Gasteiger partial charge < -0.3 is 10.6 Å². The summed E-state index contributed by atoms with van der Waals surface area (Å²) < 4.78 is 0.748. The van der Waals surface area contributed by atoms with Gasteiger partial charge in [-0.15, -0.1) is 10.2 Å². The first kappa shape index (κ1) is 21.0. The van der Waals surface area contributed by atoms with Crippen LogP contribution in [0.4, 0.5) is 10.8 Å². The second kappa shape index (κ2) is 10.7. The van der Waals surface area contributed by atoms with Gasteiger partial charge in [0.1, 0.15) is 0 Å². The van der Waals surface area contributed by atoms with Crippen LogP contribution in [-0.4, -0.2) is 27.6 Å². The number of nitrogens with zero attached hydrogens (tertiary/aromatic N) is 2. The summed E-state index contributed by atoms with van der Waals surface area (Å²) in [5, 5.41) is 15.0. The third-order valence-corrected chi connectivity index (χ3v) is 6.00. The molecule has 0 aliphatic heterocycles. The lowest BCUT2D eigenvalue weighted by molar-refractivity contribution is -0.116. The summed E-state index contributed by atoms with van der Waals surface area (Å²) in [7, 11) is 0. The van der Waals surface area contributed by atoms with Gasteiger partial charge in [-0.25, -0.2) is 0 Å². The lowest BCUT2D eigenvalue weighted by Crippen LogP contribution is -2.10. The molecule has 2 N–H and O–H groups in total. The molecule has 0 saturated heterocycles. The zero-order valence-electron chi connectivity index (χ0n) is 16.1. The van der Waals surface area contributed by atoms with Gasteiger partial charge in [0.15, 0.2) is 10.1 Å². The third kappa shape index (κ3) is 6.69. The molecule has 1 aromatic heterocycles. The van der Waals surface area contributed by atoms with Gasteiger partial charge in [0.25, 0.3) is 0 Å². The molecule has 2 aromatic carbocycles. The molecule has 0 unspecified atom stereocenters. The van der Waals surface area contributed by atoms with Crippen molar-refractivity contribution >= 4 is 45.6 Å². The smallest absolute Gasteiger partial charge is 0.224 e. The fourth-order valence-corrected chi connectivity index (χ4v) is 4.16. The Morgan fingerprint density at radius 1 is 1.03 bits per heavy atom. The Balaban J connectivity index is 1.46. The summed E-state index contributed by atoms with van der Waals surface area (Å²) in [4.78, 5) is 24.0. The fourth-order valence-electron chi connectivity index (χ4n) is 2.51. The van der Waals surface area contributed by atoms with E-state index in [-0.39, 0.29) is 17.4 Å². The Bertz CT molecular complexity index is 943. The average Bonchev–Trinajstić information content (AvgIpc) is 3.20. The normalized spacial score (nSPS) is 10.5. The van der Waals surface area contributed by atoms with Crippen LogP contribution < -0.4 is 10.6 Å². The SMILES string of the molecule is CCCC(=O)Nc1ccc(C(=O)CSc2nnc(NCc3ccccc3)s2)cc1. The molecular weight excluding hydrogens is 404 g/mol. The van der Waals surface area contributed by atoms with Crippen molar-refractivity contribution in [2.75, 3.05) is 16.4 Å². The number of hydrogen-bond acceptors (Lipinski definition) is 7. The van der Waals surface area contributed by atoms with E-state index in [4.69, 9.17) is 0 Å². The summed E-state index contributed by atoms with van der Waals surface area (Å²) >= 11 is 2.81. The first-order valence-electron chi connectivity index (χ1n) is 9.31. The molecule has 0 fully saturated rings. The molecule has 0 spiro atoms. The van der Waals surface area contributed by atoms with E-state index < -0.39 is 0 Å². The number of carbonyl (C=O) groups excluding carboxylic acids is 2. The monoisotopic (exact) mass is 426 g/mol. The van der Waals surface area contributed by atoms with E-state index in [0.717, 1.165) is 15.9 Å². The maximum Gasteiger partial charge on any atom is 0.224 e. The number of thioether (sulfide) groups is 1. The van der Waals surface area contributed by atoms with Crippen LogP contribution in [0.3, 0.4) is 0 Å². The van der Waals surface area contributed by atoms with E-state index in [0.29, 0.717) is 24.2 Å². The number of carbonyl (C=O) groups is 2. The summed E-state index contributed by atoms with van der Waals surface area (Å²) in [6, 6.07) is 17.0. The van der Waals surface area contributed by atoms with Gasteiger partial charge >= 0.3 is 0 Å². The van der Waals surface area contributed by atoms with E-state index in [1.165, 1.54) is 28.7 Å². The summed E-state index contributed by atoms with van der Waals surface area (Å²) in [5.74, 6) is 0.278. The Morgan fingerprint density at radius 2 is 1.79 bits per heavy atom. The first-order chi connectivity index (χ1) is 14.1. The minimum Gasteiger partial charge on any atom is -0.356 e. The van der Waals surface area contributed by atoms with Gasteiger partial charge in [0, 0.05) is 24.2 Å². The molecule has 0 bridgehead atoms. The zero-order valence-corrected chi connectivity index (χ0v) is 17.7. The molecule has 150 valence electrons. The van der Waals surface area contributed by atoms with E-state index in [1.807, 2.05) is 37.3 Å². The number of anilines is 2. The molecule has 0 aliphatic carbocycles. The minimum atomic E-state index is -0.0184. The summed E-state index contributed by atoms with van der Waals surface area (Å²) in [5.41, 5.74) is 2.48. The van der Waals surface area contributed by atoms with Gasteiger partial charge in [0.2, 0.25) is 11.0 Å². The standard InChI is InChI=1S/C21H22N4O2S2/c1-2-6-19(27)23-17-11-9-16(10-12-17)18(26)14-28-21-25-24-20(29-21)22-13-15-7-4-3-5-8-15/h3-5,7-12H,2,6,13-14H2,1H3,(H,22,24)(H,23,27). The maximum atomic E-state index is 12.4. The number of benzene rings is 2. The van der Waals surface area contributed by atoms with Crippen molar-refractivity contribution in [2.45, 2.75) is 30.6 Å². The number of aromatic nitrogens is 2. The highest BCUT2D eigenvalue weighted by Crippen LogP contribution is 2.26. The molecule has 29 heavy (non-hydrogen) atoms. The molecule has 1 heterocycles. The van der Waals surface area contributed by atoms with E-state index in [1.54, 1.807) is 24.3 Å². The molecule has 0 aliphatic rings. The lowest BCUT2D eigenvalue weighted by atomic mass is 10.1. The van der Waals surface area contributed by atoms with Crippen LogP contribution in [0.1, 0.15) is 35.7 Å². The molecule has 8 heteroatoms. The van der Waals surface area contributed by atoms with Crippen molar-refractivity contribution in [1.29, 1.82) is 0 Å². The molecule has 0 saturated carbocycles. The zero-order chi connectivity index (χ0) is 20.5. The highest BCUT2D eigenvalue weighted by molar-refractivity contribution is 8.01. The third-order valence-electron chi connectivity index (χ3n) is 3.99. The van der Waals surface area contributed by atoms with Crippen molar-refractivity contribution in [1.82, 2.24) is 10.2 Å². The van der Waals surface area contributed by atoms with Crippen LogP contribution in [0.5, 0.6) is 0 Å². The Morgan fingerprint density at radius 3 is 2.52 bits per heavy atom. The second-order valence-electron chi connectivity index (χ2n) is 6.30. The van der Waals surface area contributed by atoms with Crippen LogP contribution in [0.25, 0.3) is 0 Å². The first-order valence-corrected chi connectivity index (χ1v) is 11.1. The van der Waals surface area contributed by atoms with E-state index in [2.05, 4.69) is 20.8 Å². The Kier molecular flexibility index (Phi) is 7.77. The van der Waals surface area contributed by atoms with Crippen LogP contribution in [0, 0.1) is 0 Å². The highest BCUT2D eigenvalue weighted by Gasteiger charge is 2.11. The molecule has 1 amide bonds. The number of amides is 1. The van der Waals surface area contributed by atoms with Crippen LogP contribution in [-0.2, 0) is 11.3 Å². The van der Waals surface area contributed by atoms with Crippen molar-refractivity contribution in [3.8, 4) is 0 Å². The quantitative estimate of drug-likeness (QED) is 0.356. The predicted molar refractivity (Wildman–Crippen MR) is 119 cm³/mol. The van der Waals surface area contributed by atoms with Gasteiger partial charge in [-0.3, -0.25) is 9.59 Å². The topological polar surface area (TPSA) is 84.0 Å². The number of nitrogens with one attached hydrogen (secondary N) is 2. The van der Waals surface area contributed by atoms with Crippen molar-refractivity contribution in [3.05, 3.63) is 65.7 Å². The molecule has 3 aromatic rings. The van der Waals surface area contributed by atoms with E-state index in [9.17, 15) is 9.59 Å². The largest absolute Gasteiger partial charge is 0.356 e. The number of rotatable bonds is 10. The van der Waals surface area contributed by atoms with Crippen LogP contribution in [0.15, 0.2) is 58.9 Å². The molecule has 0 atom stereocenters. The summed E-state index contributed by atoms with van der Waals surface area (Å²) in [6.45, 7) is 2.64. The molecular formula is C21H22N4O2S2. The Labute approximate surface area is 178 Å². The highest BCUT2D eigenvalue weighted by atomic mass is 32.2. The number of hydrogen-bond donors (Lipinski definition) is 2. The summed E-state index contributed by atoms with van der Waals surface area (Å²) in [6.07, 6.45) is 1.29. The molecule has 6 nitrogen and oxygen atoms in total. The fraction of sp³-hybridized carbons (Fsp3) is 0.238. The van der Waals surface area contributed by atoms with Crippen LogP contribution >= 0.6 is 23.1 Å². The average molecular weight is 427 g/mol. The van der Waals surface area contributed by atoms with Gasteiger partial charge in [0.05, 0.1) is 5.75 Å². The van der Waals surface area contributed by atoms with Gasteiger partial charge in [-0.05, 0) is 36.2 Å². The van der Waals surface area contributed by atoms with Crippen molar-refractivity contribution in [3.63, 3.8) is 0 Å². The second-order valence-corrected chi connectivity index (χ2v) is 8.50. The van der Waals surface area contributed by atoms with Crippen molar-refractivity contribution < 1.29 is 9.59 Å². The van der Waals surface area contributed by atoms with Crippen molar-refractivity contribution in [2.24, 2.45) is 0 Å². The molecule has 0 radical (unpaired) electrons. The number of Topliss-reactive ketones (excluding diaryl/α,β-unsaturated/α-hetero) is 1. The van der Waals surface area contributed by atoms with Crippen LogP contribution in [0.2, 0.25) is 0 Å². The lowest BCUT2D eigenvalue weighted by Gasteiger charge is -2.05. The maximum absolute atomic E-state index is 12.4. The molecule has 3 rings (SSSR count). The predicted octanol–water partition coefficient (Wildman–Crippen LogP) is 4.86. The Hall–Kier alpha value is -2.71. The van der Waals surface area contributed by atoms with E-state index >= 15 is 0 Å². The number of ketones is 1. The van der Waals surface area contributed by atoms with Gasteiger partial charge in [-0.1, -0.05) is 60.4 Å². The van der Waals surface area contributed by atoms with Gasteiger partial charge in [-0.2, -0.15) is 0 Å². The minimum absolute atomic E-state index is 0.00966.